The molecule has 6 heteroatoms. The lowest BCUT2D eigenvalue weighted by Gasteiger charge is -2.16. The number of aryl methyl sites for hydroxylation is 1. The molecule has 0 aliphatic carbocycles. The van der Waals surface area contributed by atoms with Crippen molar-refractivity contribution in [1.29, 1.82) is 0 Å². The number of hydrogen-bond acceptors (Lipinski definition) is 3. The maximum absolute atomic E-state index is 13.0. The molecule has 0 saturated heterocycles. The van der Waals surface area contributed by atoms with Crippen molar-refractivity contribution in [3.8, 4) is 11.5 Å². The SMILES string of the molecule is CCOc1cc(CNCc2ccc(F)cc2)cc(Br)c1OCc1ccc(C)cc1.Cl. The Balaban J connectivity index is 0.00000320. The number of hydrogen-bond donors (Lipinski definition) is 1. The normalized spacial score (nSPS) is 10.4. The minimum Gasteiger partial charge on any atom is -0.490 e. The fraction of sp³-hybridized carbons (Fsp3) is 0.250. The number of nitrogens with one attached hydrogen (secondary N) is 1. The van der Waals surface area contributed by atoms with Gasteiger partial charge < -0.3 is 14.8 Å². The van der Waals surface area contributed by atoms with Gasteiger partial charge in [0.2, 0.25) is 0 Å². The van der Waals surface area contributed by atoms with Gasteiger partial charge in [-0.05, 0) is 70.7 Å². The first-order valence-corrected chi connectivity index (χ1v) is 10.4. The Hall–Kier alpha value is -2.08. The quantitative estimate of drug-likeness (QED) is 0.364. The van der Waals surface area contributed by atoms with E-state index in [0.29, 0.717) is 37.8 Å². The van der Waals surface area contributed by atoms with Gasteiger partial charge in [-0.25, -0.2) is 4.39 Å². The van der Waals surface area contributed by atoms with Crippen LogP contribution in [0.5, 0.6) is 11.5 Å². The lowest BCUT2D eigenvalue weighted by molar-refractivity contribution is 0.267. The van der Waals surface area contributed by atoms with Crippen molar-refractivity contribution in [3.63, 3.8) is 0 Å². The van der Waals surface area contributed by atoms with Crippen molar-refractivity contribution in [2.75, 3.05) is 6.61 Å². The summed E-state index contributed by atoms with van der Waals surface area (Å²) in [5.41, 5.74) is 4.44. The fourth-order valence-electron chi connectivity index (χ4n) is 2.92. The first-order chi connectivity index (χ1) is 14.0. The predicted molar refractivity (Wildman–Crippen MR) is 125 cm³/mol. The molecule has 1 N–H and O–H groups in total. The summed E-state index contributed by atoms with van der Waals surface area (Å²) in [5, 5.41) is 3.38. The van der Waals surface area contributed by atoms with Gasteiger partial charge in [0, 0.05) is 13.1 Å². The minimum absolute atomic E-state index is 0. The molecule has 3 aromatic rings. The van der Waals surface area contributed by atoms with Crippen LogP contribution >= 0.6 is 28.3 Å². The van der Waals surface area contributed by atoms with Crippen LogP contribution in [-0.2, 0) is 19.7 Å². The highest BCUT2D eigenvalue weighted by molar-refractivity contribution is 9.10. The number of rotatable bonds is 9. The largest absolute Gasteiger partial charge is 0.490 e. The van der Waals surface area contributed by atoms with Crippen LogP contribution in [-0.4, -0.2) is 6.61 Å². The Morgan fingerprint density at radius 1 is 0.867 bits per heavy atom. The van der Waals surface area contributed by atoms with Gasteiger partial charge in [0.25, 0.3) is 0 Å². The highest BCUT2D eigenvalue weighted by Crippen LogP contribution is 2.37. The molecule has 0 aliphatic heterocycles. The molecule has 0 bridgehead atoms. The molecule has 3 rings (SSSR count). The molecule has 0 amide bonds. The van der Waals surface area contributed by atoms with Crippen LogP contribution in [0, 0.1) is 12.7 Å². The van der Waals surface area contributed by atoms with E-state index >= 15 is 0 Å². The highest BCUT2D eigenvalue weighted by Gasteiger charge is 2.13. The maximum Gasteiger partial charge on any atom is 0.175 e. The van der Waals surface area contributed by atoms with Gasteiger partial charge in [-0.3, -0.25) is 0 Å². The molecule has 0 fully saturated rings. The summed E-state index contributed by atoms with van der Waals surface area (Å²) in [6.07, 6.45) is 0. The summed E-state index contributed by atoms with van der Waals surface area (Å²) < 4.78 is 25.7. The Morgan fingerprint density at radius 2 is 1.50 bits per heavy atom. The number of ether oxygens (including phenoxy) is 2. The topological polar surface area (TPSA) is 30.5 Å². The molecule has 0 radical (unpaired) electrons. The van der Waals surface area contributed by atoms with Crippen LogP contribution in [0.15, 0.2) is 65.1 Å². The minimum atomic E-state index is -0.222. The van der Waals surface area contributed by atoms with Crippen molar-refractivity contribution in [3.05, 3.63) is 93.2 Å². The van der Waals surface area contributed by atoms with Crippen LogP contribution in [0.1, 0.15) is 29.2 Å². The van der Waals surface area contributed by atoms with E-state index in [1.54, 1.807) is 12.1 Å². The van der Waals surface area contributed by atoms with Crippen molar-refractivity contribution < 1.29 is 13.9 Å². The summed E-state index contributed by atoms with van der Waals surface area (Å²) in [4.78, 5) is 0. The second kappa shape index (κ2) is 11.9. The molecular weight excluding hydrogens is 469 g/mol. The van der Waals surface area contributed by atoms with E-state index in [4.69, 9.17) is 9.47 Å². The average molecular weight is 495 g/mol. The van der Waals surface area contributed by atoms with Gasteiger partial charge in [-0.1, -0.05) is 42.0 Å². The Bertz CT molecular complexity index is 933. The van der Waals surface area contributed by atoms with Gasteiger partial charge in [0.1, 0.15) is 12.4 Å². The van der Waals surface area contributed by atoms with E-state index in [2.05, 4.69) is 52.4 Å². The Morgan fingerprint density at radius 3 is 2.17 bits per heavy atom. The maximum atomic E-state index is 13.0. The third kappa shape index (κ3) is 7.01. The first-order valence-electron chi connectivity index (χ1n) is 9.64. The van der Waals surface area contributed by atoms with E-state index in [0.717, 1.165) is 21.2 Å². The van der Waals surface area contributed by atoms with E-state index in [-0.39, 0.29) is 18.2 Å². The van der Waals surface area contributed by atoms with Crippen molar-refractivity contribution in [2.45, 2.75) is 33.5 Å². The summed E-state index contributed by atoms with van der Waals surface area (Å²) >= 11 is 3.62. The average Bonchev–Trinajstić information content (AvgIpc) is 2.70. The van der Waals surface area contributed by atoms with E-state index < -0.39 is 0 Å². The molecule has 160 valence electrons. The zero-order valence-corrected chi connectivity index (χ0v) is 19.5. The predicted octanol–water partition coefficient (Wildman–Crippen LogP) is 6.59. The zero-order chi connectivity index (χ0) is 20.6. The summed E-state index contributed by atoms with van der Waals surface area (Å²) in [6.45, 7) is 6.37. The molecule has 0 aromatic heterocycles. The second-order valence-corrected chi connectivity index (χ2v) is 7.70. The third-order valence-corrected chi connectivity index (χ3v) is 5.03. The van der Waals surface area contributed by atoms with E-state index in [9.17, 15) is 4.39 Å². The molecule has 0 aliphatic rings. The van der Waals surface area contributed by atoms with Crippen LogP contribution < -0.4 is 14.8 Å². The Kier molecular flexibility index (Phi) is 9.63. The van der Waals surface area contributed by atoms with E-state index in [1.807, 2.05) is 19.1 Å². The number of benzene rings is 3. The van der Waals surface area contributed by atoms with Crippen molar-refractivity contribution >= 4 is 28.3 Å². The highest BCUT2D eigenvalue weighted by atomic mass is 79.9. The lowest BCUT2D eigenvalue weighted by Crippen LogP contribution is -2.13. The van der Waals surface area contributed by atoms with Gasteiger partial charge in [0.15, 0.2) is 11.5 Å². The van der Waals surface area contributed by atoms with Gasteiger partial charge in [0.05, 0.1) is 11.1 Å². The van der Waals surface area contributed by atoms with Crippen LogP contribution in [0.4, 0.5) is 4.39 Å². The fourth-order valence-corrected chi connectivity index (χ4v) is 3.52. The Labute approximate surface area is 192 Å². The second-order valence-electron chi connectivity index (χ2n) is 6.84. The van der Waals surface area contributed by atoms with Crippen molar-refractivity contribution in [2.24, 2.45) is 0 Å². The standard InChI is InChI=1S/C24H25BrFNO2.ClH/c1-3-28-23-13-20(15-27-14-18-8-10-21(26)11-9-18)12-22(25)24(23)29-16-19-6-4-17(2)5-7-19;/h4-13,27H,3,14-16H2,1-2H3;1H. The van der Waals surface area contributed by atoms with E-state index in [1.165, 1.54) is 17.7 Å². The summed E-state index contributed by atoms with van der Waals surface area (Å²) in [6, 6.07) is 18.8. The van der Waals surface area contributed by atoms with Crippen LogP contribution in [0.2, 0.25) is 0 Å². The van der Waals surface area contributed by atoms with Crippen molar-refractivity contribution in [1.82, 2.24) is 5.32 Å². The molecule has 0 saturated carbocycles. The summed E-state index contributed by atoms with van der Waals surface area (Å²) in [5.74, 6) is 1.20. The molecule has 0 spiro atoms. The number of halogens is 3. The molecule has 30 heavy (non-hydrogen) atoms. The molecule has 3 nitrogen and oxygen atoms in total. The molecule has 3 aromatic carbocycles. The van der Waals surface area contributed by atoms with Crippen LogP contribution in [0.25, 0.3) is 0 Å². The van der Waals surface area contributed by atoms with Gasteiger partial charge in [-0.15, -0.1) is 12.4 Å². The first kappa shape index (κ1) is 24.2. The third-order valence-electron chi connectivity index (χ3n) is 4.44. The zero-order valence-electron chi connectivity index (χ0n) is 17.1. The summed E-state index contributed by atoms with van der Waals surface area (Å²) in [7, 11) is 0. The smallest absolute Gasteiger partial charge is 0.175 e. The monoisotopic (exact) mass is 493 g/mol. The van der Waals surface area contributed by atoms with Gasteiger partial charge >= 0.3 is 0 Å². The van der Waals surface area contributed by atoms with Crippen LogP contribution in [0.3, 0.4) is 0 Å². The molecule has 0 heterocycles. The van der Waals surface area contributed by atoms with Gasteiger partial charge in [-0.2, -0.15) is 0 Å². The molecule has 0 atom stereocenters. The lowest BCUT2D eigenvalue weighted by atomic mass is 10.1. The molecule has 0 unspecified atom stereocenters. The molecular formula is C24H26BrClFNO2.